The molecule has 2 aromatic carbocycles. The van der Waals surface area contributed by atoms with Crippen molar-refractivity contribution in [3.8, 4) is 11.5 Å². The van der Waals surface area contributed by atoms with Crippen molar-refractivity contribution in [2.75, 3.05) is 26.6 Å². The van der Waals surface area contributed by atoms with E-state index in [0.717, 1.165) is 5.56 Å². The van der Waals surface area contributed by atoms with Gasteiger partial charge in [-0.25, -0.2) is 0 Å². The van der Waals surface area contributed by atoms with Gasteiger partial charge in [0.1, 0.15) is 11.5 Å². The van der Waals surface area contributed by atoms with E-state index in [1.807, 2.05) is 0 Å². The van der Waals surface area contributed by atoms with Crippen LogP contribution >= 0.6 is 0 Å². The van der Waals surface area contributed by atoms with Gasteiger partial charge in [0, 0.05) is 29.9 Å². The first-order valence-corrected chi connectivity index (χ1v) is 7.40. The lowest BCUT2D eigenvalue weighted by atomic mass is 10.1. The zero-order valence-electron chi connectivity index (χ0n) is 13.9. The molecule has 2 amide bonds. The van der Waals surface area contributed by atoms with Crippen molar-refractivity contribution >= 4 is 17.5 Å². The van der Waals surface area contributed by atoms with E-state index in [-0.39, 0.29) is 18.2 Å². The number of rotatable bonds is 6. The number of benzene rings is 2. The number of amides is 2. The summed E-state index contributed by atoms with van der Waals surface area (Å²) in [5, 5.41) is 5.34. The first kappa shape index (κ1) is 17.3. The van der Waals surface area contributed by atoms with Gasteiger partial charge in [0.05, 0.1) is 20.6 Å². The van der Waals surface area contributed by atoms with Gasteiger partial charge in [-0.2, -0.15) is 0 Å². The highest BCUT2D eigenvalue weighted by atomic mass is 16.5. The minimum Gasteiger partial charge on any atom is -0.497 e. The zero-order chi connectivity index (χ0) is 17.5. The van der Waals surface area contributed by atoms with Crippen LogP contribution in [0.3, 0.4) is 0 Å². The number of carbonyl (C=O) groups is 2. The van der Waals surface area contributed by atoms with E-state index in [4.69, 9.17) is 9.47 Å². The molecule has 0 heterocycles. The molecule has 0 spiro atoms. The van der Waals surface area contributed by atoms with Crippen molar-refractivity contribution in [2.24, 2.45) is 0 Å². The molecule has 2 N–H and O–H groups in total. The Morgan fingerprint density at radius 1 is 1.00 bits per heavy atom. The predicted molar refractivity (Wildman–Crippen MR) is 91.7 cm³/mol. The molecule has 0 unspecified atom stereocenters. The summed E-state index contributed by atoms with van der Waals surface area (Å²) in [6.45, 7) is 0. The standard InChI is InChI=1S/C18H20N2O4/c1-19-18(22)12-4-7-14(8-5-12)20-17(21)10-13-6-9-15(23-2)11-16(13)24-3/h4-9,11H,10H2,1-3H3,(H,19,22)(H,20,21). The molecule has 0 saturated heterocycles. The third-order valence-electron chi connectivity index (χ3n) is 3.50. The molecule has 2 aromatic rings. The Bertz CT molecular complexity index is 726. The lowest BCUT2D eigenvalue weighted by Gasteiger charge is -2.11. The SMILES string of the molecule is CNC(=O)c1ccc(NC(=O)Cc2ccc(OC)cc2OC)cc1. The van der Waals surface area contributed by atoms with Crippen molar-refractivity contribution in [3.63, 3.8) is 0 Å². The molecule has 126 valence electrons. The molecule has 0 aliphatic heterocycles. The summed E-state index contributed by atoms with van der Waals surface area (Å²) < 4.78 is 10.4. The van der Waals surface area contributed by atoms with E-state index in [1.165, 1.54) is 0 Å². The van der Waals surface area contributed by atoms with Gasteiger partial charge in [0.2, 0.25) is 5.91 Å². The van der Waals surface area contributed by atoms with Gasteiger partial charge < -0.3 is 20.1 Å². The fourth-order valence-electron chi connectivity index (χ4n) is 2.23. The van der Waals surface area contributed by atoms with E-state index in [9.17, 15) is 9.59 Å². The van der Waals surface area contributed by atoms with E-state index in [0.29, 0.717) is 22.7 Å². The number of ether oxygens (including phenoxy) is 2. The summed E-state index contributed by atoms with van der Waals surface area (Å²) in [5.74, 6) is 0.919. The molecular formula is C18H20N2O4. The Morgan fingerprint density at radius 2 is 1.71 bits per heavy atom. The van der Waals surface area contributed by atoms with Crippen molar-refractivity contribution in [2.45, 2.75) is 6.42 Å². The second-order valence-electron chi connectivity index (χ2n) is 5.06. The van der Waals surface area contributed by atoms with Crippen LogP contribution in [0, 0.1) is 0 Å². The Morgan fingerprint density at radius 3 is 2.29 bits per heavy atom. The average Bonchev–Trinajstić information content (AvgIpc) is 2.61. The highest BCUT2D eigenvalue weighted by molar-refractivity contribution is 5.96. The summed E-state index contributed by atoms with van der Waals surface area (Å²) in [4.78, 5) is 23.7. The lowest BCUT2D eigenvalue weighted by Crippen LogP contribution is -2.18. The molecule has 0 fully saturated rings. The number of methoxy groups -OCH3 is 2. The van der Waals surface area contributed by atoms with Gasteiger partial charge in [-0.05, 0) is 30.3 Å². The van der Waals surface area contributed by atoms with E-state index >= 15 is 0 Å². The molecule has 0 bridgehead atoms. The summed E-state index contributed by atoms with van der Waals surface area (Å²) >= 11 is 0. The summed E-state index contributed by atoms with van der Waals surface area (Å²) in [7, 11) is 4.69. The zero-order valence-corrected chi connectivity index (χ0v) is 13.9. The molecule has 6 nitrogen and oxygen atoms in total. The van der Waals surface area contributed by atoms with Crippen LogP contribution in [0.5, 0.6) is 11.5 Å². The number of carbonyl (C=O) groups excluding carboxylic acids is 2. The van der Waals surface area contributed by atoms with E-state index < -0.39 is 0 Å². The lowest BCUT2D eigenvalue weighted by molar-refractivity contribution is -0.115. The Kier molecular flexibility index (Phi) is 5.78. The van der Waals surface area contributed by atoms with Crippen LogP contribution in [-0.4, -0.2) is 33.1 Å². The monoisotopic (exact) mass is 328 g/mol. The molecule has 0 radical (unpaired) electrons. The van der Waals surface area contributed by atoms with Gasteiger partial charge in [-0.1, -0.05) is 6.07 Å². The molecule has 0 aliphatic rings. The Labute approximate surface area is 140 Å². The molecule has 0 aromatic heterocycles. The van der Waals surface area contributed by atoms with Crippen LogP contribution < -0.4 is 20.1 Å². The minimum atomic E-state index is -0.175. The van der Waals surface area contributed by atoms with Crippen LogP contribution in [-0.2, 0) is 11.2 Å². The highest BCUT2D eigenvalue weighted by Crippen LogP contribution is 2.25. The van der Waals surface area contributed by atoms with Crippen LogP contribution in [0.4, 0.5) is 5.69 Å². The normalized spacial score (nSPS) is 9.96. The van der Waals surface area contributed by atoms with Gasteiger partial charge in [-0.3, -0.25) is 9.59 Å². The number of nitrogens with one attached hydrogen (secondary N) is 2. The highest BCUT2D eigenvalue weighted by Gasteiger charge is 2.11. The molecule has 0 saturated carbocycles. The third-order valence-corrected chi connectivity index (χ3v) is 3.50. The fraction of sp³-hybridized carbons (Fsp3) is 0.222. The molecule has 0 atom stereocenters. The van der Waals surface area contributed by atoms with Crippen LogP contribution in [0.1, 0.15) is 15.9 Å². The second kappa shape index (κ2) is 8.01. The van der Waals surface area contributed by atoms with Gasteiger partial charge in [-0.15, -0.1) is 0 Å². The average molecular weight is 328 g/mol. The van der Waals surface area contributed by atoms with Crippen molar-refractivity contribution in [1.82, 2.24) is 5.32 Å². The summed E-state index contributed by atoms with van der Waals surface area (Å²) in [6.07, 6.45) is 0.171. The topological polar surface area (TPSA) is 76.7 Å². The number of hydrogen-bond donors (Lipinski definition) is 2. The largest absolute Gasteiger partial charge is 0.497 e. The maximum absolute atomic E-state index is 12.2. The molecule has 0 aliphatic carbocycles. The summed E-state index contributed by atoms with van der Waals surface area (Å²) in [5.41, 5.74) is 1.92. The number of anilines is 1. The van der Waals surface area contributed by atoms with Crippen molar-refractivity contribution < 1.29 is 19.1 Å². The molecule has 2 rings (SSSR count). The fourth-order valence-corrected chi connectivity index (χ4v) is 2.23. The second-order valence-corrected chi connectivity index (χ2v) is 5.06. The minimum absolute atomic E-state index is 0.171. The first-order chi connectivity index (χ1) is 11.6. The number of hydrogen-bond acceptors (Lipinski definition) is 4. The molecule has 24 heavy (non-hydrogen) atoms. The summed E-state index contributed by atoms with van der Waals surface area (Å²) in [6, 6.07) is 12.0. The Hall–Kier alpha value is -3.02. The van der Waals surface area contributed by atoms with Gasteiger partial charge >= 0.3 is 0 Å². The van der Waals surface area contributed by atoms with Crippen LogP contribution in [0.2, 0.25) is 0 Å². The maximum atomic E-state index is 12.2. The molecular weight excluding hydrogens is 308 g/mol. The quantitative estimate of drug-likeness (QED) is 0.853. The van der Waals surface area contributed by atoms with E-state index in [2.05, 4.69) is 10.6 Å². The molecule has 6 heteroatoms. The maximum Gasteiger partial charge on any atom is 0.251 e. The van der Waals surface area contributed by atoms with Crippen molar-refractivity contribution in [1.29, 1.82) is 0 Å². The predicted octanol–water partition coefficient (Wildman–Crippen LogP) is 2.24. The first-order valence-electron chi connectivity index (χ1n) is 7.40. The van der Waals surface area contributed by atoms with Crippen LogP contribution in [0.15, 0.2) is 42.5 Å². The van der Waals surface area contributed by atoms with Gasteiger partial charge in [0.15, 0.2) is 0 Å². The van der Waals surface area contributed by atoms with Crippen molar-refractivity contribution in [3.05, 3.63) is 53.6 Å². The smallest absolute Gasteiger partial charge is 0.251 e. The van der Waals surface area contributed by atoms with Gasteiger partial charge in [0.25, 0.3) is 5.91 Å². The Balaban J connectivity index is 2.04. The third kappa shape index (κ3) is 4.25. The van der Waals surface area contributed by atoms with E-state index in [1.54, 1.807) is 63.7 Å². The van der Waals surface area contributed by atoms with Crippen LogP contribution in [0.25, 0.3) is 0 Å².